The monoisotopic (exact) mass is 250 g/mol. The van der Waals surface area contributed by atoms with Gasteiger partial charge in [0.2, 0.25) is 0 Å². The van der Waals surface area contributed by atoms with E-state index in [-0.39, 0.29) is 5.91 Å². The van der Waals surface area contributed by atoms with E-state index in [0.717, 1.165) is 0 Å². The van der Waals surface area contributed by atoms with Crippen molar-refractivity contribution in [3.05, 3.63) is 46.5 Å². The number of rotatable bonds is 2. The SMILES string of the molecule is Cc1cc(C(=O)Nc2ncccc2Cl)c(C)o1. The van der Waals surface area contributed by atoms with Crippen molar-refractivity contribution in [1.29, 1.82) is 0 Å². The van der Waals surface area contributed by atoms with Crippen LogP contribution in [-0.2, 0) is 0 Å². The third kappa shape index (κ3) is 2.47. The van der Waals surface area contributed by atoms with Gasteiger partial charge in [0.15, 0.2) is 5.82 Å². The van der Waals surface area contributed by atoms with E-state index in [4.69, 9.17) is 16.0 Å². The lowest BCUT2D eigenvalue weighted by Crippen LogP contribution is -2.13. The summed E-state index contributed by atoms with van der Waals surface area (Å²) in [4.78, 5) is 15.9. The molecule has 17 heavy (non-hydrogen) atoms. The van der Waals surface area contributed by atoms with Gasteiger partial charge in [-0.05, 0) is 32.0 Å². The second-order valence-electron chi connectivity index (χ2n) is 3.61. The highest BCUT2D eigenvalue weighted by Crippen LogP contribution is 2.20. The first-order valence-electron chi connectivity index (χ1n) is 5.07. The van der Waals surface area contributed by atoms with Crippen molar-refractivity contribution in [2.75, 3.05) is 5.32 Å². The molecule has 0 radical (unpaired) electrons. The highest BCUT2D eigenvalue weighted by atomic mass is 35.5. The lowest BCUT2D eigenvalue weighted by Gasteiger charge is -2.04. The molecule has 0 fully saturated rings. The summed E-state index contributed by atoms with van der Waals surface area (Å²) in [5.41, 5.74) is 0.490. The molecule has 2 aromatic heterocycles. The molecule has 1 N–H and O–H groups in total. The molecule has 4 nitrogen and oxygen atoms in total. The average Bonchev–Trinajstić information content (AvgIpc) is 2.61. The van der Waals surface area contributed by atoms with Crippen molar-refractivity contribution < 1.29 is 9.21 Å². The molecule has 0 bridgehead atoms. The van der Waals surface area contributed by atoms with Crippen LogP contribution >= 0.6 is 11.6 Å². The second kappa shape index (κ2) is 4.59. The number of hydrogen-bond donors (Lipinski definition) is 1. The molecular formula is C12H11ClN2O2. The number of halogens is 1. The quantitative estimate of drug-likeness (QED) is 0.891. The molecule has 2 aromatic rings. The fourth-order valence-corrected chi connectivity index (χ4v) is 1.68. The van der Waals surface area contributed by atoms with Crippen LogP contribution in [0.15, 0.2) is 28.8 Å². The molecule has 0 aliphatic rings. The van der Waals surface area contributed by atoms with Gasteiger partial charge in [0.25, 0.3) is 5.91 Å². The van der Waals surface area contributed by atoms with Gasteiger partial charge in [0.05, 0.1) is 10.6 Å². The minimum atomic E-state index is -0.278. The number of aryl methyl sites for hydroxylation is 2. The summed E-state index contributed by atoms with van der Waals surface area (Å²) >= 11 is 5.90. The predicted octanol–water partition coefficient (Wildman–Crippen LogP) is 3.20. The van der Waals surface area contributed by atoms with Gasteiger partial charge in [0, 0.05) is 6.20 Å². The van der Waals surface area contributed by atoms with Crippen LogP contribution in [0.3, 0.4) is 0 Å². The summed E-state index contributed by atoms with van der Waals surface area (Å²) in [5.74, 6) is 1.34. The molecule has 5 heteroatoms. The predicted molar refractivity (Wildman–Crippen MR) is 65.4 cm³/mol. The Labute approximate surface area is 104 Å². The molecule has 2 heterocycles. The highest BCUT2D eigenvalue weighted by Gasteiger charge is 2.14. The molecule has 88 valence electrons. The van der Waals surface area contributed by atoms with Gasteiger partial charge in [0.1, 0.15) is 11.5 Å². The Morgan fingerprint density at radius 3 is 2.82 bits per heavy atom. The number of carbonyl (C=O) groups is 1. The molecule has 0 unspecified atom stereocenters. The first-order valence-corrected chi connectivity index (χ1v) is 5.44. The first kappa shape index (κ1) is 11.7. The fraction of sp³-hybridized carbons (Fsp3) is 0.167. The van der Waals surface area contributed by atoms with Crippen LogP contribution in [0.5, 0.6) is 0 Å². The minimum absolute atomic E-state index is 0.278. The number of pyridine rings is 1. The van der Waals surface area contributed by atoms with E-state index in [0.29, 0.717) is 27.9 Å². The van der Waals surface area contributed by atoms with Gasteiger partial charge in [-0.1, -0.05) is 11.6 Å². The number of amides is 1. The van der Waals surface area contributed by atoms with Crippen LogP contribution in [0, 0.1) is 13.8 Å². The number of furan rings is 1. The molecule has 0 saturated carbocycles. The molecule has 0 aliphatic heterocycles. The number of nitrogens with one attached hydrogen (secondary N) is 1. The zero-order valence-corrected chi connectivity index (χ0v) is 10.2. The summed E-state index contributed by atoms with van der Waals surface area (Å²) in [6.07, 6.45) is 1.56. The molecule has 0 aromatic carbocycles. The van der Waals surface area contributed by atoms with Crippen molar-refractivity contribution in [3.63, 3.8) is 0 Å². The zero-order chi connectivity index (χ0) is 12.4. The maximum absolute atomic E-state index is 11.9. The number of aromatic nitrogens is 1. The second-order valence-corrected chi connectivity index (χ2v) is 4.02. The minimum Gasteiger partial charge on any atom is -0.466 e. The normalized spacial score (nSPS) is 10.3. The van der Waals surface area contributed by atoms with Gasteiger partial charge in [-0.3, -0.25) is 4.79 Å². The Kier molecular flexibility index (Phi) is 3.15. The van der Waals surface area contributed by atoms with Gasteiger partial charge in [-0.25, -0.2) is 4.98 Å². The van der Waals surface area contributed by atoms with Crippen molar-refractivity contribution in [1.82, 2.24) is 4.98 Å². The smallest absolute Gasteiger partial charge is 0.260 e. The van der Waals surface area contributed by atoms with E-state index in [1.165, 1.54) is 0 Å². The standard InChI is InChI=1S/C12H11ClN2O2/c1-7-6-9(8(2)17-7)12(16)15-11-10(13)4-3-5-14-11/h3-6H,1-2H3,(H,14,15,16). The largest absolute Gasteiger partial charge is 0.466 e. The Morgan fingerprint density at radius 1 is 1.47 bits per heavy atom. The van der Waals surface area contributed by atoms with Crippen molar-refractivity contribution in [3.8, 4) is 0 Å². The van der Waals surface area contributed by atoms with Gasteiger partial charge in [-0.2, -0.15) is 0 Å². The number of anilines is 1. The molecule has 0 atom stereocenters. The molecule has 1 amide bonds. The lowest BCUT2D eigenvalue weighted by molar-refractivity contribution is 0.102. The highest BCUT2D eigenvalue weighted by molar-refractivity contribution is 6.33. The average molecular weight is 251 g/mol. The molecule has 0 spiro atoms. The Bertz CT molecular complexity index is 563. The number of nitrogens with zero attached hydrogens (tertiary/aromatic N) is 1. The summed E-state index contributed by atoms with van der Waals surface area (Å²) < 4.78 is 5.29. The summed E-state index contributed by atoms with van der Waals surface area (Å²) in [5, 5.41) is 3.04. The van der Waals surface area contributed by atoms with Crippen molar-refractivity contribution >= 4 is 23.3 Å². The Morgan fingerprint density at radius 2 is 2.24 bits per heavy atom. The van der Waals surface area contributed by atoms with E-state index >= 15 is 0 Å². The van der Waals surface area contributed by atoms with Crippen LogP contribution < -0.4 is 5.32 Å². The van der Waals surface area contributed by atoms with Crippen LogP contribution in [0.2, 0.25) is 5.02 Å². The summed E-state index contributed by atoms with van der Waals surface area (Å²) in [7, 11) is 0. The molecule has 0 saturated heterocycles. The van der Waals surface area contributed by atoms with E-state index in [1.54, 1.807) is 38.2 Å². The molecule has 0 aliphatic carbocycles. The third-order valence-corrected chi connectivity index (χ3v) is 2.58. The Hall–Kier alpha value is -1.81. The maximum atomic E-state index is 11.9. The zero-order valence-electron chi connectivity index (χ0n) is 9.45. The van der Waals surface area contributed by atoms with E-state index in [1.807, 2.05) is 0 Å². The summed E-state index contributed by atoms with van der Waals surface area (Å²) in [6.45, 7) is 3.53. The van der Waals surface area contributed by atoms with Gasteiger partial charge >= 0.3 is 0 Å². The lowest BCUT2D eigenvalue weighted by atomic mass is 10.2. The van der Waals surface area contributed by atoms with Crippen LogP contribution in [0.4, 0.5) is 5.82 Å². The molecule has 2 rings (SSSR count). The fourth-order valence-electron chi connectivity index (χ4n) is 1.51. The van der Waals surface area contributed by atoms with E-state index in [9.17, 15) is 4.79 Å². The van der Waals surface area contributed by atoms with Crippen molar-refractivity contribution in [2.24, 2.45) is 0 Å². The Balaban J connectivity index is 2.23. The number of hydrogen-bond acceptors (Lipinski definition) is 3. The van der Waals surface area contributed by atoms with Crippen LogP contribution in [-0.4, -0.2) is 10.9 Å². The van der Waals surface area contributed by atoms with Crippen LogP contribution in [0.1, 0.15) is 21.9 Å². The van der Waals surface area contributed by atoms with Crippen LogP contribution in [0.25, 0.3) is 0 Å². The number of carbonyl (C=O) groups excluding carboxylic acids is 1. The van der Waals surface area contributed by atoms with Crippen molar-refractivity contribution in [2.45, 2.75) is 13.8 Å². The first-order chi connectivity index (χ1) is 8.08. The van der Waals surface area contributed by atoms with Gasteiger partial charge in [-0.15, -0.1) is 0 Å². The van der Waals surface area contributed by atoms with E-state index in [2.05, 4.69) is 10.3 Å². The summed E-state index contributed by atoms with van der Waals surface area (Å²) in [6, 6.07) is 5.05. The molecular weight excluding hydrogens is 240 g/mol. The van der Waals surface area contributed by atoms with Gasteiger partial charge < -0.3 is 9.73 Å². The third-order valence-electron chi connectivity index (χ3n) is 2.28. The maximum Gasteiger partial charge on any atom is 0.260 e. The van der Waals surface area contributed by atoms with E-state index < -0.39 is 0 Å². The topological polar surface area (TPSA) is 55.1 Å².